The summed E-state index contributed by atoms with van der Waals surface area (Å²) < 4.78 is 16.5. The van der Waals surface area contributed by atoms with Gasteiger partial charge in [0.2, 0.25) is 0 Å². The first-order valence-corrected chi connectivity index (χ1v) is 10.4. The molecule has 0 aliphatic carbocycles. The van der Waals surface area contributed by atoms with E-state index in [0.29, 0.717) is 28.7 Å². The first-order chi connectivity index (χ1) is 15.8. The Balaban J connectivity index is 1.98. The molecule has 1 aliphatic heterocycles. The molecule has 0 radical (unpaired) electrons. The van der Waals surface area contributed by atoms with Crippen LogP contribution in [0.2, 0.25) is 0 Å². The summed E-state index contributed by atoms with van der Waals surface area (Å²) in [6.07, 6.45) is 0. The highest BCUT2D eigenvalue weighted by Crippen LogP contribution is 2.45. The van der Waals surface area contributed by atoms with E-state index in [4.69, 9.17) is 13.9 Å². The van der Waals surface area contributed by atoms with E-state index in [-0.39, 0.29) is 16.9 Å². The highest BCUT2D eigenvalue weighted by atomic mass is 16.5. The van der Waals surface area contributed by atoms with Crippen molar-refractivity contribution in [3.63, 3.8) is 0 Å². The van der Waals surface area contributed by atoms with Gasteiger partial charge in [-0.15, -0.1) is 0 Å². The Bertz CT molecular complexity index is 1290. The summed E-state index contributed by atoms with van der Waals surface area (Å²) in [6.45, 7) is 5.55. The lowest BCUT2D eigenvalue weighted by atomic mass is 9.98. The normalized spacial score (nSPS) is 17.5. The molecule has 1 aliphatic rings. The van der Waals surface area contributed by atoms with Crippen molar-refractivity contribution in [2.75, 3.05) is 19.1 Å². The minimum absolute atomic E-state index is 0.0706. The predicted molar refractivity (Wildman–Crippen MR) is 124 cm³/mol. The van der Waals surface area contributed by atoms with Crippen LogP contribution in [-0.4, -0.2) is 31.0 Å². The van der Waals surface area contributed by atoms with Crippen LogP contribution >= 0.6 is 0 Å². The molecule has 2 heterocycles. The zero-order valence-electron chi connectivity index (χ0n) is 19.1. The smallest absolute Gasteiger partial charge is 0.300 e. The summed E-state index contributed by atoms with van der Waals surface area (Å²) in [4.78, 5) is 28.0. The van der Waals surface area contributed by atoms with Gasteiger partial charge >= 0.3 is 0 Å². The Morgan fingerprint density at radius 3 is 2.36 bits per heavy atom. The van der Waals surface area contributed by atoms with Crippen molar-refractivity contribution in [2.45, 2.75) is 26.8 Å². The van der Waals surface area contributed by atoms with E-state index in [9.17, 15) is 14.7 Å². The summed E-state index contributed by atoms with van der Waals surface area (Å²) in [7, 11) is 2.97. The highest BCUT2D eigenvalue weighted by molar-refractivity contribution is 6.51. The van der Waals surface area contributed by atoms with Crippen molar-refractivity contribution >= 4 is 23.1 Å². The van der Waals surface area contributed by atoms with Crippen molar-refractivity contribution in [1.29, 1.82) is 0 Å². The van der Waals surface area contributed by atoms with Gasteiger partial charge < -0.3 is 19.0 Å². The molecule has 3 aromatic rings. The van der Waals surface area contributed by atoms with Crippen LogP contribution in [0.15, 0.2) is 58.5 Å². The summed E-state index contributed by atoms with van der Waals surface area (Å²) in [5, 5.41) is 11.3. The van der Waals surface area contributed by atoms with E-state index in [2.05, 4.69) is 0 Å². The van der Waals surface area contributed by atoms with Gasteiger partial charge in [-0.05, 0) is 62.2 Å². The van der Waals surface area contributed by atoms with E-state index in [1.807, 2.05) is 32.0 Å². The largest absolute Gasteiger partial charge is 0.507 e. The number of hydrogen-bond donors (Lipinski definition) is 1. The molecule has 1 N–H and O–H groups in total. The molecule has 0 bridgehead atoms. The second-order valence-corrected chi connectivity index (χ2v) is 7.97. The molecule has 170 valence electrons. The van der Waals surface area contributed by atoms with Crippen LogP contribution in [0.4, 0.5) is 5.69 Å². The molecular formula is C26H25NO6. The predicted octanol–water partition coefficient (Wildman–Crippen LogP) is 4.85. The third-order valence-corrected chi connectivity index (χ3v) is 5.76. The number of amides is 1. The molecule has 0 saturated carbocycles. The third-order valence-electron chi connectivity index (χ3n) is 5.76. The highest BCUT2D eigenvalue weighted by Gasteiger charge is 2.49. The summed E-state index contributed by atoms with van der Waals surface area (Å²) in [6, 6.07) is 13.0. The average Bonchev–Trinajstić information content (AvgIpc) is 3.35. The van der Waals surface area contributed by atoms with Crippen LogP contribution in [0, 0.1) is 20.8 Å². The number of aliphatic hydroxyl groups is 1. The molecule has 33 heavy (non-hydrogen) atoms. The van der Waals surface area contributed by atoms with Crippen LogP contribution in [0.3, 0.4) is 0 Å². The number of ether oxygens (including phenoxy) is 2. The molecule has 7 nitrogen and oxygen atoms in total. The van der Waals surface area contributed by atoms with Crippen molar-refractivity contribution < 1.29 is 28.6 Å². The average molecular weight is 447 g/mol. The van der Waals surface area contributed by atoms with E-state index >= 15 is 0 Å². The number of hydrogen-bond acceptors (Lipinski definition) is 6. The Kier molecular flexibility index (Phi) is 5.72. The van der Waals surface area contributed by atoms with Gasteiger partial charge in [-0.2, -0.15) is 0 Å². The molecular weight excluding hydrogens is 422 g/mol. The maximum atomic E-state index is 13.3. The number of anilines is 1. The monoisotopic (exact) mass is 447 g/mol. The fraction of sp³-hybridized carbons (Fsp3) is 0.231. The molecule has 1 aromatic heterocycles. The fourth-order valence-corrected chi connectivity index (χ4v) is 4.07. The Morgan fingerprint density at radius 2 is 1.73 bits per heavy atom. The number of carbonyl (C=O) groups is 2. The first kappa shape index (κ1) is 22.2. The van der Waals surface area contributed by atoms with Gasteiger partial charge in [0.15, 0.2) is 0 Å². The van der Waals surface area contributed by atoms with Crippen LogP contribution < -0.4 is 14.4 Å². The van der Waals surface area contributed by atoms with E-state index in [0.717, 1.165) is 11.1 Å². The standard InChI is InChI=1S/C26H25NO6/c1-14-6-7-15(2)19(12-14)27-23(20-11-8-16(3)33-20)22(25(29)26(27)30)24(28)18-10-9-17(31-4)13-21(18)32-5/h6-13,23,28H,1-5H3/b24-22-. The SMILES string of the molecule is COc1ccc(/C(O)=C2/C(=O)C(=O)N(c3cc(C)ccc3C)C2c2ccc(C)o2)c(OC)c1. The summed E-state index contributed by atoms with van der Waals surface area (Å²) in [5.41, 5.74) is 2.53. The number of ketones is 1. The minimum Gasteiger partial charge on any atom is -0.507 e. The first-order valence-electron chi connectivity index (χ1n) is 10.4. The number of aliphatic hydroxyl groups excluding tert-OH is 1. The van der Waals surface area contributed by atoms with Crippen molar-refractivity contribution in [1.82, 2.24) is 0 Å². The Morgan fingerprint density at radius 1 is 0.970 bits per heavy atom. The minimum atomic E-state index is -0.939. The lowest BCUT2D eigenvalue weighted by Crippen LogP contribution is -2.30. The van der Waals surface area contributed by atoms with Gasteiger partial charge in [0.1, 0.15) is 34.8 Å². The van der Waals surface area contributed by atoms with Crippen molar-refractivity contribution in [3.8, 4) is 11.5 Å². The lowest BCUT2D eigenvalue weighted by Gasteiger charge is -2.25. The molecule has 1 saturated heterocycles. The Hall–Kier alpha value is -4.00. The number of furan rings is 1. The number of aryl methyl sites for hydroxylation is 3. The molecule has 2 aromatic carbocycles. The molecule has 1 fully saturated rings. The molecule has 7 heteroatoms. The van der Waals surface area contributed by atoms with Crippen molar-refractivity contribution in [3.05, 3.63) is 82.3 Å². The lowest BCUT2D eigenvalue weighted by molar-refractivity contribution is -0.132. The van der Waals surface area contributed by atoms with E-state index in [1.165, 1.54) is 19.1 Å². The van der Waals surface area contributed by atoms with E-state index in [1.54, 1.807) is 37.3 Å². The molecule has 1 unspecified atom stereocenters. The van der Waals surface area contributed by atoms with Gasteiger partial charge in [0.25, 0.3) is 11.7 Å². The van der Waals surface area contributed by atoms with Gasteiger partial charge in [0, 0.05) is 11.8 Å². The van der Waals surface area contributed by atoms with Gasteiger partial charge in [-0.3, -0.25) is 14.5 Å². The van der Waals surface area contributed by atoms with Crippen LogP contribution in [-0.2, 0) is 9.59 Å². The number of Topliss-reactive ketones (excluding diaryl/α,β-unsaturated/α-hetero) is 1. The number of rotatable bonds is 5. The Labute approximate surface area is 191 Å². The molecule has 4 rings (SSSR count). The number of methoxy groups -OCH3 is 2. The number of carbonyl (C=O) groups excluding carboxylic acids is 2. The summed E-state index contributed by atoms with van der Waals surface area (Å²) in [5.74, 6) is -0.0568. The zero-order chi connectivity index (χ0) is 23.9. The van der Waals surface area contributed by atoms with Crippen LogP contribution in [0.25, 0.3) is 5.76 Å². The summed E-state index contributed by atoms with van der Waals surface area (Å²) >= 11 is 0. The van der Waals surface area contributed by atoms with Gasteiger partial charge in [0.05, 0.1) is 25.4 Å². The maximum Gasteiger partial charge on any atom is 0.300 e. The van der Waals surface area contributed by atoms with Crippen molar-refractivity contribution in [2.24, 2.45) is 0 Å². The molecule has 1 amide bonds. The second-order valence-electron chi connectivity index (χ2n) is 7.97. The number of benzene rings is 2. The topological polar surface area (TPSA) is 89.2 Å². The zero-order valence-corrected chi connectivity index (χ0v) is 19.1. The molecule has 1 atom stereocenters. The quantitative estimate of drug-likeness (QED) is 0.342. The third kappa shape index (κ3) is 3.75. The number of nitrogens with zero attached hydrogens (tertiary/aromatic N) is 1. The van der Waals surface area contributed by atoms with E-state index < -0.39 is 17.7 Å². The molecule has 0 spiro atoms. The maximum absolute atomic E-state index is 13.3. The van der Waals surface area contributed by atoms with Crippen LogP contribution in [0.1, 0.15) is 34.3 Å². The fourth-order valence-electron chi connectivity index (χ4n) is 4.07. The van der Waals surface area contributed by atoms with Crippen LogP contribution in [0.5, 0.6) is 11.5 Å². The second kappa shape index (κ2) is 8.50. The van der Waals surface area contributed by atoms with Gasteiger partial charge in [-0.1, -0.05) is 12.1 Å². The van der Waals surface area contributed by atoms with Gasteiger partial charge in [-0.25, -0.2) is 0 Å².